The molecule has 1 aliphatic heterocycles. The topological polar surface area (TPSA) is 78.2 Å². The number of nitrogens with one attached hydrogen (secondary N) is 1. The van der Waals surface area contributed by atoms with E-state index in [1.165, 1.54) is 0 Å². The minimum atomic E-state index is -4.58. The highest BCUT2D eigenvalue weighted by molar-refractivity contribution is 5.92. The first kappa shape index (κ1) is 20.5. The van der Waals surface area contributed by atoms with Crippen LogP contribution >= 0.6 is 0 Å². The molecule has 0 radical (unpaired) electrons. The third-order valence-electron chi connectivity index (χ3n) is 4.81. The van der Waals surface area contributed by atoms with Gasteiger partial charge in [0.2, 0.25) is 5.91 Å². The number of aromatic nitrogens is 1. The Labute approximate surface area is 165 Å². The van der Waals surface area contributed by atoms with E-state index >= 15 is 0 Å². The number of nitrogens with zero attached hydrogens (tertiary/aromatic N) is 3. The Morgan fingerprint density at radius 2 is 1.86 bits per heavy atom. The number of halogens is 3. The first-order chi connectivity index (χ1) is 13.8. The van der Waals surface area contributed by atoms with Gasteiger partial charge in [-0.2, -0.15) is 18.4 Å². The molecule has 1 N–H and O–H groups in total. The van der Waals surface area contributed by atoms with Crippen LogP contribution < -0.4 is 15.0 Å². The Balaban J connectivity index is 1.65. The van der Waals surface area contributed by atoms with Gasteiger partial charge in [0.25, 0.3) is 0 Å². The number of alkyl halides is 3. The summed E-state index contributed by atoms with van der Waals surface area (Å²) in [5.41, 5.74) is -0.311. The van der Waals surface area contributed by atoms with Crippen molar-refractivity contribution in [1.82, 2.24) is 4.98 Å². The average molecular weight is 404 g/mol. The van der Waals surface area contributed by atoms with E-state index in [4.69, 9.17) is 4.74 Å². The number of carbonyl (C=O) groups is 1. The molecular formula is C20H19F3N4O2. The van der Waals surface area contributed by atoms with E-state index in [1.54, 1.807) is 36.3 Å². The predicted molar refractivity (Wildman–Crippen MR) is 101 cm³/mol. The van der Waals surface area contributed by atoms with Gasteiger partial charge in [0.1, 0.15) is 23.3 Å². The summed E-state index contributed by atoms with van der Waals surface area (Å²) >= 11 is 0. The van der Waals surface area contributed by atoms with E-state index in [0.717, 1.165) is 12.1 Å². The van der Waals surface area contributed by atoms with Gasteiger partial charge in [-0.15, -0.1) is 0 Å². The SMILES string of the molecule is COc1ccc(NC(=O)C2CCN(c3nc(C(F)(F)F)ccc3C#N)CC2)cc1. The Bertz CT molecular complexity index is 915. The molecule has 29 heavy (non-hydrogen) atoms. The molecule has 1 amide bonds. The van der Waals surface area contributed by atoms with E-state index in [9.17, 15) is 23.2 Å². The molecule has 0 aliphatic carbocycles. The normalized spacial score (nSPS) is 14.9. The Morgan fingerprint density at radius 1 is 1.21 bits per heavy atom. The minimum Gasteiger partial charge on any atom is -0.497 e. The maximum Gasteiger partial charge on any atom is 0.433 e. The van der Waals surface area contributed by atoms with Crippen LogP contribution in [0.2, 0.25) is 0 Å². The molecule has 1 aliphatic rings. The molecule has 1 saturated heterocycles. The highest BCUT2D eigenvalue weighted by Gasteiger charge is 2.34. The summed E-state index contributed by atoms with van der Waals surface area (Å²) in [7, 11) is 1.55. The van der Waals surface area contributed by atoms with E-state index in [2.05, 4.69) is 10.3 Å². The quantitative estimate of drug-likeness (QED) is 0.838. The smallest absolute Gasteiger partial charge is 0.433 e. The fourth-order valence-corrected chi connectivity index (χ4v) is 3.21. The van der Waals surface area contributed by atoms with Gasteiger partial charge in [0.05, 0.1) is 12.7 Å². The number of pyridine rings is 1. The first-order valence-corrected chi connectivity index (χ1v) is 9.00. The number of methoxy groups -OCH3 is 1. The summed E-state index contributed by atoms with van der Waals surface area (Å²) in [6.45, 7) is 0.674. The molecule has 6 nitrogen and oxygen atoms in total. The number of ether oxygens (including phenoxy) is 1. The number of benzene rings is 1. The molecule has 1 aromatic heterocycles. The van der Waals surface area contributed by atoms with Gasteiger partial charge >= 0.3 is 6.18 Å². The van der Waals surface area contributed by atoms with Gasteiger partial charge in [-0.25, -0.2) is 4.98 Å². The fraction of sp³-hybridized carbons (Fsp3) is 0.350. The zero-order chi connectivity index (χ0) is 21.0. The largest absolute Gasteiger partial charge is 0.497 e. The van der Waals surface area contributed by atoms with Crippen LogP contribution in [0, 0.1) is 17.2 Å². The summed E-state index contributed by atoms with van der Waals surface area (Å²) in [6.07, 6.45) is -3.69. The summed E-state index contributed by atoms with van der Waals surface area (Å²) in [6, 6.07) is 10.8. The monoisotopic (exact) mass is 404 g/mol. The highest BCUT2D eigenvalue weighted by atomic mass is 19.4. The van der Waals surface area contributed by atoms with E-state index in [-0.39, 0.29) is 23.2 Å². The van der Waals surface area contributed by atoms with Crippen molar-refractivity contribution in [3.05, 3.63) is 47.7 Å². The Kier molecular flexibility index (Phi) is 5.92. The number of piperidine rings is 1. The third kappa shape index (κ3) is 4.77. The van der Waals surface area contributed by atoms with Crippen LogP contribution in [-0.2, 0) is 11.0 Å². The van der Waals surface area contributed by atoms with Crippen molar-refractivity contribution in [1.29, 1.82) is 5.26 Å². The van der Waals surface area contributed by atoms with Gasteiger partial charge in [0, 0.05) is 24.7 Å². The summed E-state index contributed by atoms with van der Waals surface area (Å²) in [4.78, 5) is 17.8. The van der Waals surface area contributed by atoms with Crippen molar-refractivity contribution in [2.24, 2.45) is 5.92 Å². The number of nitriles is 1. The van der Waals surface area contributed by atoms with E-state index in [1.807, 2.05) is 6.07 Å². The maximum atomic E-state index is 13.0. The zero-order valence-electron chi connectivity index (χ0n) is 15.7. The standard InChI is InChI=1S/C20H19F3N4O2/c1-29-16-5-3-15(4-6-16)25-19(28)13-8-10-27(11-9-13)18-14(12-24)2-7-17(26-18)20(21,22)23/h2-7,13H,8-11H2,1H3,(H,25,28). The van der Waals surface area contributed by atoms with Gasteiger partial charge < -0.3 is 15.0 Å². The number of anilines is 2. The molecule has 9 heteroatoms. The fourth-order valence-electron chi connectivity index (χ4n) is 3.21. The molecule has 0 spiro atoms. The third-order valence-corrected chi connectivity index (χ3v) is 4.81. The molecule has 0 bridgehead atoms. The van der Waals surface area contributed by atoms with Crippen LogP contribution in [0.5, 0.6) is 5.75 Å². The lowest BCUT2D eigenvalue weighted by atomic mass is 9.95. The molecular weight excluding hydrogens is 385 g/mol. The second kappa shape index (κ2) is 8.39. The van der Waals surface area contributed by atoms with E-state index < -0.39 is 11.9 Å². The lowest BCUT2D eigenvalue weighted by Crippen LogP contribution is -2.39. The second-order valence-electron chi connectivity index (χ2n) is 6.66. The van der Waals surface area contributed by atoms with Crippen LogP contribution in [0.3, 0.4) is 0 Å². The van der Waals surface area contributed by atoms with Crippen LogP contribution in [-0.4, -0.2) is 31.1 Å². The lowest BCUT2D eigenvalue weighted by Gasteiger charge is -2.32. The Morgan fingerprint density at radius 3 is 2.41 bits per heavy atom. The van der Waals surface area contributed by atoms with Gasteiger partial charge in [-0.05, 0) is 49.2 Å². The van der Waals surface area contributed by atoms with Gasteiger partial charge in [-0.1, -0.05) is 0 Å². The molecule has 1 aromatic carbocycles. The van der Waals surface area contributed by atoms with Crippen molar-refractivity contribution in [2.45, 2.75) is 19.0 Å². The van der Waals surface area contributed by atoms with Crippen LogP contribution in [0.15, 0.2) is 36.4 Å². The number of rotatable bonds is 4. The summed E-state index contributed by atoms with van der Waals surface area (Å²) < 4.78 is 44.0. The summed E-state index contributed by atoms with van der Waals surface area (Å²) in [5, 5.41) is 12.1. The molecule has 3 rings (SSSR count). The van der Waals surface area contributed by atoms with Crippen molar-refractivity contribution in [3.8, 4) is 11.8 Å². The lowest BCUT2D eigenvalue weighted by molar-refractivity contribution is -0.141. The molecule has 2 heterocycles. The molecule has 0 saturated carbocycles. The minimum absolute atomic E-state index is 0.0105. The number of hydrogen-bond acceptors (Lipinski definition) is 5. The van der Waals surface area contributed by atoms with Gasteiger partial charge in [0.15, 0.2) is 0 Å². The van der Waals surface area contributed by atoms with Crippen molar-refractivity contribution < 1.29 is 22.7 Å². The van der Waals surface area contributed by atoms with Gasteiger partial charge in [-0.3, -0.25) is 4.79 Å². The van der Waals surface area contributed by atoms with Crippen molar-refractivity contribution >= 4 is 17.4 Å². The molecule has 0 unspecified atom stereocenters. The number of amides is 1. The first-order valence-electron chi connectivity index (χ1n) is 9.00. The predicted octanol–water partition coefficient (Wildman–Crippen LogP) is 3.84. The van der Waals surface area contributed by atoms with Crippen LogP contribution in [0.4, 0.5) is 24.7 Å². The zero-order valence-corrected chi connectivity index (χ0v) is 15.7. The number of carbonyl (C=O) groups excluding carboxylic acids is 1. The van der Waals surface area contributed by atoms with Crippen LogP contribution in [0.1, 0.15) is 24.1 Å². The van der Waals surface area contributed by atoms with Crippen molar-refractivity contribution in [3.63, 3.8) is 0 Å². The molecule has 152 valence electrons. The Hall–Kier alpha value is -3.28. The van der Waals surface area contributed by atoms with Crippen molar-refractivity contribution in [2.75, 3.05) is 30.4 Å². The highest BCUT2D eigenvalue weighted by Crippen LogP contribution is 2.32. The molecule has 2 aromatic rings. The second-order valence-corrected chi connectivity index (χ2v) is 6.66. The van der Waals surface area contributed by atoms with Crippen LogP contribution in [0.25, 0.3) is 0 Å². The maximum absolute atomic E-state index is 13.0. The number of hydrogen-bond donors (Lipinski definition) is 1. The summed E-state index contributed by atoms with van der Waals surface area (Å²) in [5.74, 6) is 0.270. The molecule has 0 atom stereocenters. The average Bonchev–Trinajstić information content (AvgIpc) is 2.73. The van der Waals surface area contributed by atoms with E-state index in [0.29, 0.717) is 37.4 Å². The molecule has 1 fully saturated rings.